The van der Waals surface area contributed by atoms with Gasteiger partial charge in [-0.1, -0.05) is 28.1 Å². The number of benzene rings is 1. The van der Waals surface area contributed by atoms with Crippen LogP contribution in [0.25, 0.3) is 0 Å². The van der Waals surface area contributed by atoms with Crippen molar-refractivity contribution in [3.8, 4) is 5.75 Å². The van der Waals surface area contributed by atoms with E-state index < -0.39 is 6.10 Å². The van der Waals surface area contributed by atoms with E-state index in [0.717, 1.165) is 15.6 Å². The number of aliphatic hydroxyl groups excluding tert-OH is 1. The highest BCUT2D eigenvalue weighted by atomic mass is 79.9. The Hall–Kier alpha value is -1.39. The average Bonchev–Trinajstić information content (AvgIpc) is 2.41. The molecule has 4 heteroatoms. The van der Waals surface area contributed by atoms with Crippen molar-refractivity contribution in [1.82, 2.24) is 4.98 Å². The van der Waals surface area contributed by atoms with E-state index in [2.05, 4.69) is 20.9 Å². The average molecular weight is 308 g/mol. The molecule has 1 unspecified atom stereocenters. The van der Waals surface area contributed by atoms with Gasteiger partial charge < -0.3 is 9.84 Å². The number of methoxy groups -OCH3 is 1. The Labute approximate surface area is 115 Å². The summed E-state index contributed by atoms with van der Waals surface area (Å²) in [5.41, 5.74) is 2.43. The van der Waals surface area contributed by atoms with Crippen LogP contribution in [0.5, 0.6) is 5.75 Å². The first-order valence-electron chi connectivity index (χ1n) is 5.56. The van der Waals surface area contributed by atoms with E-state index >= 15 is 0 Å². The molecule has 0 saturated carbocycles. The lowest BCUT2D eigenvalue weighted by Crippen LogP contribution is -2.05. The molecule has 0 aliphatic carbocycles. The van der Waals surface area contributed by atoms with Crippen molar-refractivity contribution < 1.29 is 9.84 Å². The zero-order valence-corrected chi connectivity index (χ0v) is 11.8. The van der Waals surface area contributed by atoms with Gasteiger partial charge in [0.15, 0.2) is 0 Å². The highest BCUT2D eigenvalue weighted by Gasteiger charge is 2.17. The van der Waals surface area contributed by atoms with Gasteiger partial charge in [-0.2, -0.15) is 0 Å². The number of aryl methyl sites for hydroxylation is 1. The predicted octanol–water partition coefficient (Wildman–Crippen LogP) is 3.24. The molecular formula is C14H14BrNO2. The van der Waals surface area contributed by atoms with Crippen LogP contribution < -0.4 is 4.74 Å². The fourth-order valence-electron chi connectivity index (χ4n) is 1.72. The minimum Gasteiger partial charge on any atom is -0.495 e. The van der Waals surface area contributed by atoms with Crippen molar-refractivity contribution in [2.45, 2.75) is 13.0 Å². The van der Waals surface area contributed by atoms with Gasteiger partial charge in [0.1, 0.15) is 17.5 Å². The molecule has 0 aliphatic rings. The van der Waals surface area contributed by atoms with E-state index in [0.29, 0.717) is 11.4 Å². The lowest BCUT2D eigenvalue weighted by Gasteiger charge is -2.14. The van der Waals surface area contributed by atoms with Crippen molar-refractivity contribution in [1.29, 1.82) is 0 Å². The highest BCUT2D eigenvalue weighted by Crippen LogP contribution is 2.29. The zero-order valence-electron chi connectivity index (χ0n) is 10.2. The maximum atomic E-state index is 10.4. The monoisotopic (exact) mass is 307 g/mol. The molecule has 0 saturated heterocycles. The van der Waals surface area contributed by atoms with E-state index in [4.69, 9.17) is 4.74 Å². The molecule has 3 nitrogen and oxygen atoms in total. The molecule has 0 radical (unpaired) electrons. The topological polar surface area (TPSA) is 42.4 Å². The second-order valence-electron chi connectivity index (χ2n) is 4.00. The number of pyridine rings is 1. The summed E-state index contributed by atoms with van der Waals surface area (Å²) < 4.78 is 6.17. The van der Waals surface area contributed by atoms with Crippen LogP contribution in [-0.4, -0.2) is 17.2 Å². The van der Waals surface area contributed by atoms with E-state index in [1.165, 1.54) is 0 Å². The Balaban J connectivity index is 2.41. The van der Waals surface area contributed by atoms with E-state index in [-0.39, 0.29) is 0 Å². The summed E-state index contributed by atoms with van der Waals surface area (Å²) in [5.74, 6) is 0.585. The molecule has 1 aromatic carbocycles. The number of hydrogen-bond acceptors (Lipinski definition) is 3. The number of rotatable bonds is 3. The van der Waals surface area contributed by atoms with Crippen molar-refractivity contribution in [3.05, 3.63) is 57.8 Å². The van der Waals surface area contributed by atoms with Gasteiger partial charge in [0, 0.05) is 10.7 Å². The van der Waals surface area contributed by atoms with Crippen LogP contribution in [0.15, 0.2) is 41.0 Å². The van der Waals surface area contributed by atoms with Crippen LogP contribution in [-0.2, 0) is 0 Å². The second-order valence-corrected chi connectivity index (χ2v) is 4.86. The minimum absolute atomic E-state index is 0.524. The summed E-state index contributed by atoms with van der Waals surface area (Å²) in [5, 5.41) is 10.4. The number of ether oxygens (including phenoxy) is 1. The number of aliphatic hydroxyl groups is 1. The normalized spacial score (nSPS) is 12.2. The summed E-state index contributed by atoms with van der Waals surface area (Å²) in [7, 11) is 1.57. The number of aromatic nitrogens is 1. The molecule has 2 rings (SSSR count). The van der Waals surface area contributed by atoms with Crippen LogP contribution in [0.3, 0.4) is 0 Å². The van der Waals surface area contributed by atoms with E-state index in [1.807, 2.05) is 25.1 Å². The van der Waals surface area contributed by atoms with E-state index in [1.54, 1.807) is 25.4 Å². The first kappa shape index (κ1) is 13.1. The molecule has 0 bridgehead atoms. The predicted molar refractivity (Wildman–Crippen MR) is 73.7 cm³/mol. The second kappa shape index (κ2) is 5.50. The number of halogens is 1. The first-order chi connectivity index (χ1) is 8.63. The Morgan fingerprint density at radius 2 is 2.11 bits per heavy atom. The summed E-state index contributed by atoms with van der Waals surface area (Å²) in [6.07, 6.45) is 0.850. The minimum atomic E-state index is -0.793. The quantitative estimate of drug-likeness (QED) is 0.946. The molecule has 18 heavy (non-hydrogen) atoms. The van der Waals surface area contributed by atoms with Gasteiger partial charge in [0.2, 0.25) is 0 Å². The zero-order chi connectivity index (χ0) is 13.1. The van der Waals surface area contributed by atoms with Gasteiger partial charge in [-0.15, -0.1) is 0 Å². The molecule has 0 spiro atoms. The van der Waals surface area contributed by atoms with Crippen molar-refractivity contribution in [3.63, 3.8) is 0 Å². The molecule has 1 aromatic heterocycles. The Bertz CT molecular complexity index is 557. The third-order valence-electron chi connectivity index (χ3n) is 2.79. The number of nitrogens with zero attached hydrogens (tertiary/aromatic N) is 1. The molecule has 94 valence electrons. The first-order valence-corrected chi connectivity index (χ1v) is 6.36. The van der Waals surface area contributed by atoms with Crippen molar-refractivity contribution in [2.75, 3.05) is 7.11 Å². The maximum Gasteiger partial charge on any atom is 0.143 e. The molecule has 0 amide bonds. The summed E-state index contributed by atoms with van der Waals surface area (Å²) in [6, 6.07) is 9.31. The third kappa shape index (κ3) is 2.54. The fourth-order valence-corrected chi connectivity index (χ4v) is 2.11. The molecule has 1 atom stereocenters. The molecule has 0 aliphatic heterocycles. The fraction of sp³-hybridized carbons (Fsp3) is 0.214. The molecular weight excluding hydrogens is 294 g/mol. The van der Waals surface area contributed by atoms with Gasteiger partial charge in [0.25, 0.3) is 0 Å². The Morgan fingerprint density at radius 3 is 2.78 bits per heavy atom. The van der Waals surface area contributed by atoms with Gasteiger partial charge >= 0.3 is 0 Å². The van der Waals surface area contributed by atoms with Gasteiger partial charge in [-0.05, 0) is 36.2 Å². The van der Waals surface area contributed by atoms with Gasteiger partial charge in [-0.3, -0.25) is 4.98 Å². The Morgan fingerprint density at radius 1 is 1.33 bits per heavy atom. The molecule has 1 heterocycles. The van der Waals surface area contributed by atoms with Gasteiger partial charge in [0.05, 0.1) is 7.11 Å². The lowest BCUT2D eigenvalue weighted by atomic mass is 10.0. The summed E-state index contributed by atoms with van der Waals surface area (Å²) in [6.45, 7) is 2.00. The lowest BCUT2D eigenvalue weighted by molar-refractivity contribution is 0.209. The van der Waals surface area contributed by atoms with Crippen LogP contribution in [0, 0.1) is 6.92 Å². The summed E-state index contributed by atoms with van der Waals surface area (Å²) >= 11 is 3.46. The largest absolute Gasteiger partial charge is 0.495 e. The van der Waals surface area contributed by atoms with Crippen LogP contribution in [0.4, 0.5) is 0 Å². The standard InChI is InChI=1S/C14H14BrNO2/c1-9-5-6-10(8-11(9)15)14(17)13-12(18-2)4-3-7-16-13/h3-8,14,17H,1-2H3. The molecule has 2 aromatic rings. The molecule has 0 fully saturated rings. The summed E-state index contributed by atoms with van der Waals surface area (Å²) in [4.78, 5) is 4.19. The van der Waals surface area contributed by atoms with Crippen LogP contribution in [0.2, 0.25) is 0 Å². The van der Waals surface area contributed by atoms with Crippen molar-refractivity contribution >= 4 is 15.9 Å². The maximum absolute atomic E-state index is 10.4. The van der Waals surface area contributed by atoms with Gasteiger partial charge in [-0.25, -0.2) is 0 Å². The Kier molecular flexibility index (Phi) is 3.99. The smallest absolute Gasteiger partial charge is 0.143 e. The number of hydrogen-bond donors (Lipinski definition) is 1. The SMILES string of the molecule is COc1cccnc1C(O)c1ccc(C)c(Br)c1. The van der Waals surface area contributed by atoms with Crippen LogP contribution in [0.1, 0.15) is 22.9 Å². The molecule has 1 N–H and O–H groups in total. The third-order valence-corrected chi connectivity index (χ3v) is 3.64. The highest BCUT2D eigenvalue weighted by molar-refractivity contribution is 9.10. The van der Waals surface area contributed by atoms with Crippen LogP contribution >= 0.6 is 15.9 Å². The van der Waals surface area contributed by atoms with Crippen molar-refractivity contribution in [2.24, 2.45) is 0 Å². The van der Waals surface area contributed by atoms with E-state index in [9.17, 15) is 5.11 Å².